The fourth-order valence-corrected chi connectivity index (χ4v) is 7.21. The first kappa shape index (κ1) is 14.9. The molecule has 0 aromatic carbocycles. The smallest absolute Gasteiger partial charge is 0.223 e. The van der Waals surface area contributed by atoms with Crippen LogP contribution in [0.2, 0.25) is 0 Å². The van der Waals surface area contributed by atoms with E-state index in [9.17, 15) is 14.7 Å². The Morgan fingerprint density at radius 2 is 2.08 bits per heavy atom. The van der Waals surface area contributed by atoms with E-state index >= 15 is 0 Å². The molecule has 24 heavy (non-hydrogen) atoms. The first-order valence-corrected chi connectivity index (χ1v) is 9.36. The number of allylic oxidation sites excluding steroid dienone is 4. The maximum absolute atomic E-state index is 12.2. The number of hydrogen-bond acceptors (Lipinski definition) is 3. The van der Waals surface area contributed by atoms with Gasteiger partial charge in [0.15, 0.2) is 5.78 Å². The fraction of sp³-hybridized carbons (Fsp3) is 0.700. The molecule has 4 nitrogen and oxygen atoms in total. The molecule has 128 valence electrons. The maximum Gasteiger partial charge on any atom is 0.223 e. The van der Waals surface area contributed by atoms with Crippen LogP contribution in [0.25, 0.3) is 0 Å². The second-order valence-corrected chi connectivity index (χ2v) is 8.88. The molecule has 1 amide bonds. The lowest BCUT2D eigenvalue weighted by molar-refractivity contribution is -0.130. The van der Waals surface area contributed by atoms with Gasteiger partial charge in [-0.3, -0.25) is 9.59 Å². The van der Waals surface area contributed by atoms with Crippen molar-refractivity contribution in [3.05, 3.63) is 23.8 Å². The van der Waals surface area contributed by atoms with Crippen molar-refractivity contribution in [2.45, 2.75) is 45.1 Å². The van der Waals surface area contributed by atoms with Gasteiger partial charge in [-0.2, -0.15) is 0 Å². The normalized spacial score (nSPS) is 52.1. The minimum Gasteiger partial charge on any atom is -0.393 e. The number of rotatable bonds is 0. The number of aliphatic hydroxyl groups excluding tert-OH is 1. The molecule has 4 fully saturated rings. The Balaban J connectivity index is 1.57. The van der Waals surface area contributed by atoms with Crippen molar-refractivity contribution in [3.8, 4) is 0 Å². The van der Waals surface area contributed by atoms with Crippen LogP contribution >= 0.6 is 0 Å². The zero-order valence-corrected chi connectivity index (χ0v) is 14.1. The van der Waals surface area contributed by atoms with Gasteiger partial charge in [-0.25, -0.2) is 0 Å². The van der Waals surface area contributed by atoms with Crippen molar-refractivity contribution in [2.75, 3.05) is 6.54 Å². The summed E-state index contributed by atoms with van der Waals surface area (Å²) < 4.78 is 0. The van der Waals surface area contributed by atoms with Crippen LogP contribution in [0.3, 0.4) is 0 Å². The molecular weight excluding hydrogens is 302 g/mol. The molecule has 2 N–H and O–H groups in total. The van der Waals surface area contributed by atoms with Crippen molar-refractivity contribution >= 4 is 11.7 Å². The molecule has 1 aliphatic heterocycles. The summed E-state index contributed by atoms with van der Waals surface area (Å²) >= 11 is 0. The fourth-order valence-electron chi connectivity index (χ4n) is 7.21. The van der Waals surface area contributed by atoms with E-state index in [1.807, 2.05) is 6.08 Å². The minimum atomic E-state index is -0.397. The molecule has 1 spiro atoms. The number of fused-ring (bicyclic) bond motifs is 4. The second-order valence-electron chi connectivity index (χ2n) is 8.88. The van der Waals surface area contributed by atoms with E-state index in [0.717, 1.165) is 38.6 Å². The minimum absolute atomic E-state index is 0.0244. The van der Waals surface area contributed by atoms with E-state index in [0.29, 0.717) is 11.8 Å². The Morgan fingerprint density at radius 1 is 1.25 bits per heavy atom. The van der Waals surface area contributed by atoms with Crippen LogP contribution in [0, 0.1) is 34.5 Å². The first-order valence-electron chi connectivity index (χ1n) is 9.36. The molecule has 0 unspecified atom stereocenters. The summed E-state index contributed by atoms with van der Waals surface area (Å²) in [6.07, 6.45) is 9.93. The third kappa shape index (κ3) is 1.63. The van der Waals surface area contributed by atoms with Crippen LogP contribution < -0.4 is 5.32 Å². The highest BCUT2D eigenvalue weighted by Crippen LogP contribution is 2.66. The highest BCUT2D eigenvalue weighted by Gasteiger charge is 2.66. The van der Waals surface area contributed by atoms with Gasteiger partial charge in [0, 0.05) is 29.2 Å². The SMILES string of the molecule is C[C@]12C=CC(=O)C=C1CC[C@@H]1[C@@H]2[C@H](O)C[C@]23CNC(=O)[C@H]2CC[C@@H]13. The second kappa shape index (κ2) is 4.60. The predicted octanol–water partition coefficient (Wildman–Crippen LogP) is 1.99. The van der Waals surface area contributed by atoms with E-state index in [-0.39, 0.29) is 34.4 Å². The largest absolute Gasteiger partial charge is 0.393 e. The number of hydrogen-bond donors (Lipinski definition) is 2. The van der Waals surface area contributed by atoms with Crippen molar-refractivity contribution in [1.82, 2.24) is 5.32 Å². The van der Waals surface area contributed by atoms with Gasteiger partial charge >= 0.3 is 0 Å². The third-order valence-electron chi connectivity index (χ3n) is 8.13. The molecule has 4 aliphatic carbocycles. The molecule has 3 saturated carbocycles. The Hall–Kier alpha value is -1.42. The molecule has 7 atom stereocenters. The summed E-state index contributed by atoms with van der Waals surface area (Å²) in [5.74, 6) is 1.53. The Labute approximate surface area is 142 Å². The van der Waals surface area contributed by atoms with Crippen LogP contribution in [-0.2, 0) is 9.59 Å². The number of nitrogens with one attached hydrogen (secondary N) is 1. The van der Waals surface area contributed by atoms with E-state index in [4.69, 9.17) is 0 Å². The Kier molecular flexibility index (Phi) is 2.85. The van der Waals surface area contributed by atoms with Gasteiger partial charge in [0.05, 0.1) is 6.10 Å². The molecule has 5 rings (SSSR count). The number of ketones is 1. The van der Waals surface area contributed by atoms with Crippen molar-refractivity contribution in [3.63, 3.8) is 0 Å². The van der Waals surface area contributed by atoms with Gasteiger partial charge in [-0.15, -0.1) is 0 Å². The molecule has 4 heteroatoms. The molecule has 0 bridgehead atoms. The van der Waals surface area contributed by atoms with Crippen molar-refractivity contribution in [1.29, 1.82) is 0 Å². The van der Waals surface area contributed by atoms with Crippen LogP contribution in [-0.4, -0.2) is 29.4 Å². The summed E-state index contributed by atoms with van der Waals surface area (Å²) in [7, 11) is 0. The predicted molar refractivity (Wildman–Crippen MR) is 88.8 cm³/mol. The molecule has 1 heterocycles. The van der Waals surface area contributed by atoms with Gasteiger partial charge in [0.1, 0.15) is 0 Å². The summed E-state index contributed by atoms with van der Waals surface area (Å²) in [6.45, 7) is 2.94. The molecular formula is C20H25NO3. The first-order chi connectivity index (χ1) is 11.5. The Bertz CT molecular complexity index is 695. The zero-order chi connectivity index (χ0) is 16.7. The Morgan fingerprint density at radius 3 is 2.92 bits per heavy atom. The van der Waals surface area contributed by atoms with Crippen molar-refractivity contribution < 1.29 is 14.7 Å². The van der Waals surface area contributed by atoms with Gasteiger partial charge in [0.2, 0.25) is 5.91 Å². The average molecular weight is 327 g/mol. The lowest BCUT2D eigenvalue weighted by Gasteiger charge is -2.58. The average Bonchev–Trinajstić information content (AvgIpc) is 3.05. The van der Waals surface area contributed by atoms with Crippen LogP contribution in [0.4, 0.5) is 0 Å². The van der Waals surface area contributed by atoms with Crippen molar-refractivity contribution in [2.24, 2.45) is 34.5 Å². The summed E-state index contributed by atoms with van der Waals surface area (Å²) in [6, 6.07) is 0. The van der Waals surface area contributed by atoms with E-state index in [1.54, 1.807) is 12.2 Å². The maximum atomic E-state index is 12.2. The summed E-state index contributed by atoms with van der Waals surface area (Å²) in [5, 5.41) is 14.2. The summed E-state index contributed by atoms with van der Waals surface area (Å²) in [4.78, 5) is 24.0. The molecule has 0 aromatic heterocycles. The van der Waals surface area contributed by atoms with Gasteiger partial charge in [0.25, 0.3) is 0 Å². The van der Waals surface area contributed by atoms with E-state index in [2.05, 4.69) is 12.2 Å². The van der Waals surface area contributed by atoms with E-state index in [1.165, 1.54) is 5.57 Å². The van der Waals surface area contributed by atoms with Gasteiger partial charge in [-0.05, 0) is 56.1 Å². The lowest BCUT2D eigenvalue weighted by Crippen LogP contribution is -2.57. The molecule has 1 saturated heterocycles. The number of amides is 1. The zero-order valence-electron chi connectivity index (χ0n) is 14.1. The van der Waals surface area contributed by atoms with Gasteiger partial charge in [-0.1, -0.05) is 18.6 Å². The quantitative estimate of drug-likeness (QED) is 0.715. The molecule has 0 radical (unpaired) electrons. The summed E-state index contributed by atoms with van der Waals surface area (Å²) in [5.41, 5.74) is 0.969. The van der Waals surface area contributed by atoms with Crippen LogP contribution in [0.15, 0.2) is 23.8 Å². The van der Waals surface area contributed by atoms with E-state index < -0.39 is 6.10 Å². The highest BCUT2D eigenvalue weighted by atomic mass is 16.3. The van der Waals surface area contributed by atoms with Gasteiger partial charge < -0.3 is 10.4 Å². The van der Waals surface area contributed by atoms with Crippen LogP contribution in [0.1, 0.15) is 39.0 Å². The third-order valence-corrected chi connectivity index (χ3v) is 8.13. The number of aliphatic hydroxyl groups is 1. The highest BCUT2D eigenvalue weighted by molar-refractivity contribution is 6.01. The van der Waals surface area contributed by atoms with Crippen LogP contribution in [0.5, 0.6) is 0 Å². The monoisotopic (exact) mass is 327 g/mol. The number of carbonyl (C=O) groups excluding carboxylic acids is 2. The number of carbonyl (C=O) groups is 2. The molecule has 5 aliphatic rings. The lowest BCUT2D eigenvalue weighted by atomic mass is 9.47. The molecule has 0 aromatic rings. The standard InChI is InChI=1S/C20H25NO3/c1-19-7-6-12(22)8-11(19)2-3-13-14-4-5-15-18(24)21-10-20(14,15)9-16(23)17(13)19/h6-8,13-17,23H,2-5,9-10H2,1H3,(H,21,24)/t13-,14-,15+,16+,17+,19-,20+/m0/s1. The topological polar surface area (TPSA) is 66.4 Å².